The van der Waals surface area contributed by atoms with Crippen molar-refractivity contribution >= 4 is 33.4 Å². The van der Waals surface area contributed by atoms with Gasteiger partial charge in [-0.1, -0.05) is 24.6 Å². The molecule has 1 aliphatic heterocycles. The Balaban J connectivity index is 1.85. The molecule has 0 spiro atoms. The molecule has 35 heavy (non-hydrogen) atoms. The highest BCUT2D eigenvalue weighted by molar-refractivity contribution is 7.99. The van der Waals surface area contributed by atoms with Gasteiger partial charge in [-0.3, -0.25) is 0 Å². The number of halogens is 3. The first-order valence-electron chi connectivity index (χ1n) is 10.9. The van der Waals surface area contributed by atoms with Gasteiger partial charge in [0.2, 0.25) is 0 Å². The van der Waals surface area contributed by atoms with Crippen LogP contribution in [-0.4, -0.2) is 32.5 Å². The van der Waals surface area contributed by atoms with E-state index in [-0.39, 0.29) is 23.7 Å². The van der Waals surface area contributed by atoms with Crippen molar-refractivity contribution in [2.75, 3.05) is 12.0 Å². The van der Waals surface area contributed by atoms with E-state index in [2.05, 4.69) is 0 Å². The minimum Gasteiger partial charge on any atom is -0.458 e. The van der Waals surface area contributed by atoms with Crippen LogP contribution in [0.5, 0.6) is 0 Å². The van der Waals surface area contributed by atoms with Crippen molar-refractivity contribution in [2.45, 2.75) is 51.3 Å². The van der Waals surface area contributed by atoms with Gasteiger partial charge in [-0.2, -0.15) is 21.6 Å². The maximum Gasteiger partial charge on any atom is 0.416 e. The minimum absolute atomic E-state index is 0.0372. The van der Waals surface area contributed by atoms with Crippen molar-refractivity contribution in [3.8, 4) is 0 Å². The van der Waals surface area contributed by atoms with Crippen LogP contribution in [0.15, 0.2) is 47.1 Å². The quantitative estimate of drug-likeness (QED) is 0.247. The number of hydrogen-bond donors (Lipinski definition) is 0. The summed E-state index contributed by atoms with van der Waals surface area (Å²) in [7, 11) is -3.91. The van der Waals surface area contributed by atoms with Gasteiger partial charge in [0.1, 0.15) is 17.4 Å². The molecule has 2 aromatic rings. The first-order chi connectivity index (χ1) is 16.2. The predicted molar refractivity (Wildman–Crippen MR) is 129 cm³/mol. The summed E-state index contributed by atoms with van der Waals surface area (Å²) in [6.07, 6.45) is -4.07. The molecule has 1 aliphatic rings. The van der Waals surface area contributed by atoms with Crippen LogP contribution in [0.25, 0.3) is 5.57 Å². The van der Waals surface area contributed by atoms with E-state index in [1.54, 1.807) is 0 Å². The molecular weight excluding hydrogens is 501 g/mol. The molecular formula is C25H27F3O5S2. The second-order valence-corrected chi connectivity index (χ2v) is 11.5. The lowest BCUT2D eigenvalue weighted by atomic mass is 9.89. The average Bonchev–Trinajstić information content (AvgIpc) is 2.71. The smallest absolute Gasteiger partial charge is 0.416 e. The number of ether oxygens (including phenoxy) is 1. The lowest BCUT2D eigenvalue weighted by Gasteiger charge is -2.31. The van der Waals surface area contributed by atoms with E-state index in [1.165, 1.54) is 23.9 Å². The molecule has 0 N–H and O–H groups in total. The summed E-state index contributed by atoms with van der Waals surface area (Å²) in [5, 5.41) is 0. The first-order valence-corrected chi connectivity index (χ1v) is 13.7. The predicted octanol–water partition coefficient (Wildman–Crippen LogP) is 6.06. The molecule has 0 radical (unpaired) electrons. The summed E-state index contributed by atoms with van der Waals surface area (Å²) in [4.78, 5) is 13.8. The number of carbonyl (C=O) groups excluding carboxylic acids is 1. The van der Waals surface area contributed by atoms with Gasteiger partial charge in [0.25, 0.3) is 0 Å². The van der Waals surface area contributed by atoms with E-state index in [9.17, 15) is 26.4 Å². The SMILES string of the molecule is Cc1cc(C)c(C2=C(OS(C)(=O)=O)CC(C(C)CSc3ccc(C(F)(F)F)cc3)OC2=O)c(C)c1. The van der Waals surface area contributed by atoms with Crippen molar-refractivity contribution in [2.24, 2.45) is 5.92 Å². The third kappa shape index (κ3) is 6.82. The number of carbonyl (C=O) groups is 1. The number of esters is 1. The van der Waals surface area contributed by atoms with E-state index < -0.39 is 33.9 Å². The van der Waals surface area contributed by atoms with Crippen LogP contribution in [0.3, 0.4) is 0 Å². The molecule has 0 aromatic heterocycles. The van der Waals surface area contributed by atoms with E-state index in [4.69, 9.17) is 8.92 Å². The largest absolute Gasteiger partial charge is 0.458 e. The van der Waals surface area contributed by atoms with Gasteiger partial charge in [0.15, 0.2) is 0 Å². The molecule has 0 saturated heterocycles. The molecule has 1 heterocycles. The molecule has 2 atom stereocenters. The molecule has 190 valence electrons. The lowest BCUT2D eigenvalue weighted by Crippen LogP contribution is -2.33. The Hall–Kier alpha value is -2.46. The average molecular weight is 529 g/mol. The van der Waals surface area contributed by atoms with Gasteiger partial charge in [0.05, 0.1) is 11.8 Å². The van der Waals surface area contributed by atoms with Gasteiger partial charge in [-0.05, 0) is 61.7 Å². The summed E-state index contributed by atoms with van der Waals surface area (Å²) in [5.74, 6) is -0.421. The summed E-state index contributed by atoms with van der Waals surface area (Å²) < 4.78 is 73.3. The Bertz CT molecular complexity index is 1230. The molecule has 2 aromatic carbocycles. The zero-order valence-electron chi connectivity index (χ0n) is 20.0. The number of benzene rings is 2. The number of thioether (sulfide) groups is 1. The molecule has 0 aliphatic carbocycles. The third-order valence-corrected chi connectivity index (χ3v) is 7.44. The minimum atomic E-state index is -4.40. The van der Waals surface area contributed by atoms with E-state index >= 15 is 0 Å². The molecule has 2 unspecified atom stereocenters. The van der Waals surface area contributed by atoms with Crippen LogP contribution in [0.2, 0.25) is 0 Å². The fourth-order valence-electron chi connectivity index (χ4n) is 4.10. The Morgan fingerprint density at radius 1 is 1.11 bits per heavy atom. The highest BCUT2D eigenvalue weighted by Crippen LogP contribution is 2.38. The summed E-state index contributed by atoms with van der Waals surface area (Å²) in [5.41, 5.74) is 2.57. The van der Waals surface area contributed by atoms with Gasteiger partial charge in [-0.25, -0.2) is 4.79 Å². The highest BCUT2D eigenvalue weighted by Gasteiger charge is 2.37. The molecule has 10 heteroatoms. The van der Waals surface area contributed by atoms with Gasteiger partial charge in [0, 0.05) is 23.0 Å². The van der Waals surface area contributed by atoms with E-state index in [0.29, 0.717) is 16.2 Å². The Morgan fingerprint density at radius 2 is 1.69 bits per heavy atom. The van der Waals surface area contributed by atoms with Crippen LogP contribution in [0.1, 0.15) is 41.2 Å². The van der Waals surface area contributed by atoms with Crippen molar-refractivity contribution in [3.63, 3.8) is 0 Å². The van der Waals surface area contributed by atoms with Gasteiger partial charge < -0.3 is 8.92 Å². The standard InChI is InChI=1S/C25H27F3O5S2/c1-14-10-15(2)22(16(3)11-14)23-21(33-35(5,30)31)12-20(32-24(23)29)17(4)13-34-19-8-6-18(7-9-19)25(26,27)28/h6-11,17,20H,12-13H2,1-5H3. The second-order valence-electron chi connectivity index (χ2n) is 8.82. The first kappa shape index (κ1) is 27.1. The Morgan fingerprint density at radius 3 is 2.20 bits per heavy atom. The van der Waals surface area contributed by atoms with Crippen LogP contribution in [-0.2, 0) is 30.0 Å². The van der Waals surface area contributed by atoms with Crippen LogP contribution >= 0.6 is 11.8 Å². The number of alkyl halides is 3. The monoisotopic (exact) mass is 528 g/mol. The van der Waals surface area contributed by atoms with Crippen LogP contribution in [0, 0.1) is 26.7 Å². The zero-order chi connectivity index (χ0) is 26.1. The van der Waals surface area contributed by atoms with Gasteiger partial charge >= 0.3 is 22.3 Å². The maximum absolute atomic E-state index is 13.1. The van der Waals surface area contributed by atoms with Crippen LogP contribution < -0.4 is 0 Å². The van der Waals surface area contributed by atoms with Crippen molar-refractivity contribution in [1.82, 2.24) is 0 Å². The highest BCUT2D eigenvalue weighted by atomic mass is 32.2. The number of rotatable bonds is 7. The third-order valence-electron chi connectivity index (χ3n) is 5.64. The Labute approximate surface area is 207 Å². The van der Waals surface area contributed by atoms with Crippen LogP contribution in [0.4, 0.5) is 13.2 Å². The number of cyclic esters (lactones) is 1. The summed E-state index contributed by atoms with van der Waals surface area (Å²) in [6.45, 7) is 7.43. The van der Waals surface area contributed by atoms with Crippen molar-refractivity contribution in [1.29, 1.82) is 0 Å². The molecule has 5 nitrogen and oxygen atoms in total. The van der Waals surface area contributed by atoms with Gasteiger partial charge in [-0.15, -0.1) is 11.8 Å². The van der Waals surface area contributed by atoms with E-state index in [0.717, 1.165) is 35.1 Å². The number of aryl methyl sites for hydroxylation is 3. The molecule has 0 amide bonds. The Kier molecular flexibility index (Phi) is 7.96. The molecule has 0 bridgehead atoms. The topological polar surface area (TPSA) is 69.7 Å². The fourth-order valence-corrected chi connectivity index (χ4v) is 5.62. The maximum atomic E-state index is 13.1. The lowest BCUT2D eigenvalue weighted by molar-refractivity contribution is -0.145. The summed E-state index contributed by atoms with van der Waals surface area (Å²) >= 11 is 1.33. The van der Waals surface area contributed by atoms with Crippen molar-refractivity contribution < 1.29 is 35.3 Å². The normalized spacial score (nSPS) is 17.8. The summed E-state index contributed by atoms with van der Waals surface area (Å²) in [6, 6.07) is 8.63. The van der Waals surface area contributed by atoms with E-state index in [1.807, 2.05) is 39.8 Å². The molecule has 3 rings (SSSR count). The van der Waals surface area contributed by atoms with Crippen molar-refractivity contribution in [3.05, 3.63) is 70.0 Å². The number of hydrogen-bond acceptors (Lipinski definition) is 6. The molecule has 0 saturated carbocycles. The second kappa shape index (κ2) is 10.3. The molecule has 0 fully saturated rings. The fraction of sp³-hybridized carbons (Fsp3) is 0.400. The zero-order valence-corrected chi connectivity index (χ0v) is 21.7.